The Kier molecular flexibility index (Phi) is 4.22. The highest BCUT2D eigenvalue weighted by Gasteiger charge is 2.17. The number of nitrogens with two attached hydrogens (primary N) is 1. The van der Waals surface area contributed by atoms with Crippen molar-refractivity contribution in [1.82, 2.24) is 9.55 Å². The van der Waals surface area contributed by atoms with Crippen LogP contribution in [0.5, 0.6) is 0 Å². The molecule has 0 saturated heterocycles. The van der Waals surface area contributed by atoms with Gasteiger partial charge in [0.2, 0.25) is 0 Å². The Hall–Kier alpha value is -2.17. The summed E-state index contributed by atoms with van der Waals surface area (Å²) in [6.45, 7) is 2.63. The van der Waals surface area contributed by atoms with Crippen molar-refractivity contribution >= 4 is 11.0 Å². The maximum Gasteiger partial charge on any atom is 0.127 e. The van der Waals surface area contributed by atoms with Crippen molar-refractivity contribution in [3.8, 4) is 0 Å². The van der Waals surface area contributed by atoms with Gasteiger partial charge in [-0.25, -0.2) is 4.98 Å². The molecule has 0 aliphatic carbocycles. The summed E-state index contributed by atoms with van der Waals surface area (Å²) < 4.78 is 2.03. The van der Waals surface area contributed by atoms with Crippen molar-refractivity contribution in [3.05, 3.63) is 65.5 Å². The number of aromatic nitrogens is 2. The zero-order valence-electron chi connectivity index (χ0n) is 12.7. The average molecular weight is 295 g/mol. The molecule has 1 atom stereocenters. The van der Waals surface area contributed by atoms with Gasteiger partial charge in [0.05, 0.1) is 23.7 Å². The summed E-state index contributed by atoms with van der Waals surface area (Å²) in [7, 11) is 0. The van der Waals surface area contributed by atoms with Gasteiger partial charge in [-0.1, -0.05) is 36.4 Å². The van der Waals surface area contributed by atoms with Gasteiger partial charge in [-0.3, -0.25) is 0 Å². The summed E-state index contributed by atoms with van der Waals surface area (Å²) in [4.78, 5) is 4.72. The van der Waals surface area contributed by atoms with E-state index in [2.05, 4.69) is 24.3 Å². The Morgan fingerprint density at radius 3 is 2.68 bits per heavy atom. The van der Waals surface area contributed by atoms with Crippen LogP contribution in [0.15, 0.2) is 48.5 Å². The van der Waals surface area contributed by atoms with Crippen LogP contribution in [0.3, 0.4) is 0 Å². The third kappa shape index (κ3) is 2.89. The van der Waals surface area contributed by atoms with Crippen LogP contribution in [-0.2, 0) is 13.0 Å². The molecular weight excluding hydrogens is 274 g/mol. The molecule has 2 aromatic carbocycles. The summed E-state index contributed by atoms with van der Waals surface area (Å²) in [5.41, 5.74) is 10.7. The zero-order chi connectivity index (χ0) is 15.5. The van der Waals surface area contributed by atoms with E-state index in [-0.39, 0.29) is 12.6 Å². The fourth-order valence-corrected chi connectivity index (χ4v) is 2.84. The molecule has 4 nitrogen and oxygen atoms in total. The molecule has 3 N–H and O–H groups in total. The highest BCUT2D eigenvalue weighted by molar-refractivity contribution is 5.77. The second-order valence-electron chi connectivity index (χ2n) is 5.63. The van der Waals surface area contributed by atoms with Crippen LogP contribution in [0.1, 0.15) is 23.0 Å². The SMILES string of the molecule is Cc1ccc2c(c1)nc(C(N)Cc1ccccc1)n2CCO. The van der Waals surface area contributed by atoms with E-state index in [9.17, 15) is 5.11 Å². The molecule has 22 heavy (non-hydrogen) atoms. The molecular formula is C18H21N3O. The number of fused-ring (bicyclic) bond motifs is 1. The van der Waals surface area contributed by atoms with Crippen LogP contribution in [0.25, 0.3) is 11.0 Å². The Balaban J connectivity index is 1.99. The number of benzene rings is 2. The van der Waals surface area contributed by atoms with Crippen molar-refractivity contribution in [2.24, 2.45) is 5.73 Å². The maximum atomic E-state index is 9.36. The minimum atomic E-state index is -0.193. The number of hydrogen-bond donors (Lipinski definition) is 2. The molecule has 1 heterocycles. The van der Waals surface area contributed by atoms with Gasteiger partial charge in [0, 0.05) is 6.54 Å². The molecule has 0 fully saturated rings. The first-order valence-corrected chi connectivity index (χ1v) is 7.56. The number of aliphatic hydroxyl groups is 1. The second kappa shape index (κ2) is 6.30. The summed E-state index contributed by atoms with van der Waals surface area (Å²) in [6.07, 6.45) is 0.731. The second-order valence-corrected chi connectivity index (χ2v) is 5.63. The average Bonchev–Trinajstić information content (AvgIpc) is 2.87. The smallest absolute Gasteiger partial charge is 0.127 e. The molecule has 3 rings (SSSR count). The fourth-order valence-electron chi connectivity index (χ4n) is 2.84. The van der Waals surface area contributed by atoms with E-state index in [1.54, 1.807) is 0 Å². The zero-order valence-corrected chi connectivity index (χ0v) is 12.7. The van der Waals surface area contributed by atoms with Crippen molar-refractivity contribution in [2.45, 2.75) is 25.9 Å². The van der Waals surface area contributed by atoms with Crippen LogP contribution in [0.2, 0.25) is 0 Å². The predicted molar refractivity (Wildman–Crippen MR) is 88.6 cm³/mol. The van der Waals surface area contributed by atoms with Crippen molar-refractivity contribution < 1.29 is 5.11 Å². The van der Waals surface area contributed by atoms with Gasteiger partial charge in [0.25, 0.3) is 0 Å². The van der Waals surface area contributed by atoms with Crippen molar-refractivity contribution in [3.63, 3.8) is 0 Å². The first kappa shape index (κ1) is 14.8. The van der Waals surface area contributed by atoms with E-state index in [1.165, 1.54) is 11.1 Å². The minimum Gasteiger partial charge on any atom is -0.395 e. The maximum absolute atomic E-state index is 9.36. The van der Waals surface area contributed by atoms with Gasteiger partial charge in [0.15, 0.2) is 0 Å². The fraction of sp³-hybridized carbons (Fsp3) is 0.278. The summed E-state index contributed by atoms with van der Waals surface area (Å²) in [5.74, 6) is 0.832. The van der Waals surface area contributed by atoms with Crippen LogP contribution in [0, 0.1) is 6.92 Å². The molecule has 0 amide bonds. The number of nitrogens with zero attached hydrogens (tertiary/aromatic N) is 2. The Labute approximate surface area is 130 Å². The van der Waals surface area contributed by atoms with E-state index in [0.717, 1.165) is 23.3 Å². The Bertz CT molecular complexity index is 765. The standard InChI is InChI=1S/C18H21N3O/c1-13-7-8-17-16(11-13)20-18(21(17)9-10-22)15(19)12-14-5-3-2-4-6-14/h2-8,11,15,22H,9-10,12,19H2,1H3. The molecule has 0 saturated carbocycles. The first-order chi connectivity index (χ1) is 10.7. The summed E-state index contributed by atoms with van der Waals surface area (Å²) in [5, 5.41) is 9.36. The lowest BCUT2D eigenvalue weighted by molar-refractivity contribution is 0.275. The molecule has 114 valence electrons. The van der Waals surface area contributed by atoms with Crippen LogP contribution in [-0.4, -0.2) is 21.3 Å². The molecule has 0 bridgehead atoms. The van der Waals surface area contributed by atoms with E-state index in [0.29, 0.717) is 6.54 Å². The number of aryl methyl sites for hydroxylation is 1. The van der Waals surface area contributed by atoms with E-state index >= 15 is 0 Å². The molecule has 1 aromatic heterocycles. The van der Waals surface area contributed by atoms with Gasteiger partial charge in [-0.05, 0) is 36.6 Å². The van der Waals surface area contributed by atoms with Gasteiger partial charge >= 0.3 is 0 Å². The third-order valence-corrected chi connectivity index (χ3v) is 3.89. The number of imidazole rings is 1. The molecule has 0 aliphatic heterocycles. The predicted octanol–water partition coefficient (Wildman–Crippen LogP) is 2.58. The first-order valence-electron chi connectivity index (χ1n) is 7.56. The molecule has 3 aromatic rings. The normalized spacial score (nSPS) is 12.7. The highest BCUT2D eigenvalue weighted by atomic mass is 16.3. The molecule has 4 heteroatoms. The van der Waals surface area contributed by atoms with Crippen molar-refractivity contribution in [1.29, 1.82) is 0 Å². The lowest BCUT2D eigenvalue weighted by Crippen LogP contribution is -2.20. The van der Waals surface area contributed by atoms with Gasteiger partial charge in [0.1, 0.15) is 5.82 Å². The molecule has 1 unspecified atom stereocenters. The summed E-state index contributed by atoms with van der Waals surface area (Å²) >= 11 is 0. The van der Waals surface area contributed by atoms with E-state index in [4.69, 9.17) is 10.7 Å². The van der Waals surface area contributed by atoms with Crippen LogP contribution >= 0.6 is 0 Å². The lowest BCUT2D eigenvalue weighted by atomic mass is 10.1. The van der Waals surface area contributed by atoms with Gasteiger partial charge in [-0.2, -0.15) is 0 Å². The van der Waals surface area contributed by atoms with Crippen LogP contribution < -0.4 is 5.73 Å². The van der Waals surface area contributed by atoms with Gasteiger partial charge < -0.3 is 15.4 Å². The number of rotatable bonds is 5. The topological polar surface area (TPSA) is 64.1 Å². The summed E-state index contributed by atoms with van der Waals surface area (Å²) in [6, 6.07) is 16.1. The van der Waals surface area contributed by atoms with Gasteiger partial charge in [-0.15, -0.1) is 0 Å². The monoisotopic (exact) mass is 295 g/mol. The van der Waals surface area contributed by atoms with Crippen molar-refractivity contribution in [2.75, 3.05) is 6.61 Å². The lowest BCUT2D eigenvalue weighted by Gasteiger charge is -2.14. The van der Waals surface area contributed by atoms with E-state index in [1.807, 2.05) is 35.8 Å². The number of hydrogen-bond acceptors (Lipinski definition) is 3. The van der Waals surface area contributed by atoms with Crippen LogP contribution in [0.4, 0.5) is 0 Å². The Morgan fingerprint density at radius 2 is 1.95 bits per heavy atom. The number of aliphatic hydroxyl groups excluding tert-OH is 1. The Morgan fingerprint density at radius 1 is 1.18 bits per heavy atom. The molecule has 0 spiro atoms. The largest absolute Gasteiger partial charge is 0.395 e. The highest BCUT2D eigenvalue weighted by Crippen LogP contribution is 2.23. The third-order valence-electron chi connectivity index (χ3n) is 3.89. The molecule has 0 radical (unpaired) electrons. The molecule has 0 aliphatic rings. The quantitative estimate of drug-likeness (QED) is 0.760. The minimum absolute atomic E-state index is 0.0738. The van der Waals surface area contributed by atoms with E-state index < -0.39 is 0 Å².